The summed E-state index contributed by atoms with van der Waals surface area (Å²) in [6.07, 6.45) is 1.06. The van der Waals surface area contributed by atoms with Gasteiger partial charge in [0.2, 0.25) is 5.91 Å². The van der Waals surface area contributed by atoms with Crippen molar-refractivity contribution in [3.63, 3.8) is 0 Å². The topological polar surface area (TPSA) is 170 Å². The first-order valence-electron chi connectivity index (χ1n) is 2.22. The number of hydrazine groups is 1. The van der Waals surface area contributed by atoms with Gasteiger partial charge in [-0.3, -0.25) is 25.6 Å². The SMILES string of the molecule is C=CC(N)=O.NN.O=S(=O)(O)O. The van der Waals surface area contributed by atoms with Crippen LogP contribution >= 0.6 is 0 Å². The molecular formula is C3H11N3O5S. The Morgan fingerprint density at radius 3 is 1.42 bits per heavy atom. The lowest BCUT2D eigenvalue weighted by molar-refractivity contribution is -0.113. The Morgan fingerprint density at radius 2 is 1.42 bits per heavy atom. The molecule has 0 radical (unpaired) electrons. The number of rotatable bonds is 1. The van der Waals surface area contributed by atoms with Crippen LogP contribution in [0.2, 0.25) is 0 Å². The Bertz CT molecular complexity index is 202. The van der Waals surface area contributed by atoms with Crippen LogP contribution in [-0.2, 0) is 15.2 Å². The minimum absolute atomic E-state index is 0.481. The zero-order valence-electron chi connectivity index (χ0n) is 6.04. The molecule has 0 saturated heterocycles. The van der Waals surface area contributed by atoms with Crippen molar-refractivity contribution in [1.82, 2.24) is 0 Å². The first kappa shape index (κ1) is 17.2. The summed E-state index contributed by atoms with van der Waals surface area (Å²) in [6, 6.07) is 0. The predicted molar refractivity (Wildman–Crippen MR) is 41.9 cm³/mol. The van der Waals surface area contributed by atoms with Crippen LogP contribution in [0.3, 0.4) is 0 Å². The van der Waals surface area contributed by atoms with Gasteiger partial charge in [0.1, 0.15) is 0 Å². The van der Waals surface area contributed by atoms with Crippen LogP contribution < -0.4 is 17.4 Å². The first-order valence-corrected chi connectivity index (χ1v) is 3.62. The number of carbonyl (C=O) groups is 1. The van der Waals surface area contributed by atoms with Crippen molar-refractivity contribution in [1.29, 1.82) is 0 Å². The summed E-state index contributed by atoms with van der Waals surface area (Å²) in [5, 5.41) is 0. The van der Waals surface area contributed by atoms with E-state index >= 15 is 0 Å². The van der Waals surface area contributed by atoms with Crippen molar-refractivity contribution >= 4 is 16.3 Å². The van der Waals surface area contributed by atoms with Crippen LogP contribution in [0.4, 0.5) is 0 Å². The standard InChI is InChI=1S/C3H5NO.H4N2.H2O4S/c1-2-3(4)5;1-2;1-5(2,3)4/h2H,1H2,(H2,4,5);1-2H2;(H2,1,2,3,4). The minimum atomic E-state index is -4.67. The Balaban J connectivity index is -0.000000112. The van der Waals surface area contributed by atoms with Gasteiger partial charge in [0, 0.05) is 0 Å². The van der Waals surface area contributed by atoms with Gasteiger partial charge >= 0.3 is 10.4 Å². The summed E-state index contributed by atoms with van der Waals surface area (Å²) in [6.45, 7) is 3.09. The summed E-state index contributed by atoms with van der Waals surface area (Å²) in [7, 11) is -4.67. The van der Waals surface area contributed by atoms with Crippen LogP contribution in [0.5, 0.6) is 0 Å². The average Bonchev–Trinajstić information content (AvgIpc) is 1.89. The highest BCUT2D eigenvalue weighted by Crippen LogP contribution is 1.59. The Morgan fingerprint density at radius 1 is 1.33 bits per heavy atom. The van der Waals surface area contributed by atoms with Gasteiger partial charge < -0.3 is 5.73 Å². The average molecular weight is 201 g/mol. The fraction of sp³-hybridized carbons (Fsp3) is 0. The predicted octanol–water partition coefficient (Wildman–Crippen LogP) is -2.18. The second-order valence-electron chi connectivity index (χ2n) is 1.05. The van der Waals surface area contributed by atoms with E-state index in [4.69, 9.17) is 17.5 Å². The van der Waals surface area contributed by atoms with Crippen LogP contribution in [-0.4, -0.2) is 23.4 Å². The van der Waals surface area contributed by atoms with Gasteiger partial charge in [-0.25, -0.2) is 0 Å². The van der Waals surface area contributed by atoms with Crippen LogP contribution in [0.25, 0.3) is 0 Å². The van der Waals surface area contributed by atoms with Gasteiger partial charge in [-0.1, -0.05) is 6.58 Å². The molecule has 0 unspecified atom stereocenters. The number of hydrogen-bond donors (Lipinski definition) is 5. The molecule has 0 saturated carbocycles. The zero-order chi connectivity index (χ0) is 10.8. The van der Waals surface area contributed by atoms with E-state index in [-0.39, 0.29) is 0 Å². The summed E-state index contributed by atoms with van der Waals surface area (Å²) >= 11 is 0. The molecule has 8 nitrogen and oxygen atoms in total. The fourth-order valence-corrected chi connectivity index (χ4v) is 0. The number of primary amides is 1. The lowest BCUT2D eigenvalue weighted by Crippen LogP contribution is -2.04. The lowest BCUT2D eigenvalue weighted by Gasteiger charge is -1.68. The Labute approximate surface area is 69.6 Å². The molecule has 0 bridgehead atoms. The number of hydrogen-bond acceptors (Lipinski definition) is 5. The smallest absolute Gasteiger partial charge is 0.366 e. The first-order chi connectivity index (χ1) is 5.27. The molecule has 0 aliphatic rings. The fourth-order valence-electron chi connectivity index (χ4n) is 0. The molecule has 12 heavy (non-hydrogen) atoms. The normalized spacial score (nSPS) is 8.00. The van der Waals surface area contributed by atoms with Crippen molar-refractivity contribution < 1.29 is 22.3 Å². The van der Waals surface area contributed by atoms with E-state index in [1.54, 1.807) is 0 Å². The maximum atomic E-state index is 9.47. The maximum absolute atomic E-state index is 9.47. The summed E-state index contributed by atoms with van der Waals surface area (Å²) < 4.78 is 31.6. The number of carbonyl (C=O) groups excluding carboxylic acids is 1. The van der Waals surface area contributed by atoms with Gasteiger partial charge in [-0.2, -0.15) is 8.42 Å². The third-order valence-corrected chi connectivity index (χ3v) is 0.201. The van der Waals surface area contributed by atoms with Crippen molar-refractivity contribution in [2.45, 2.75) is 0 Å². The number of amides is 1. The molecule has 8 N–H and O–H groups in total. The molecule has 0 aliphatic carbocycles. The summed E-state index contributed by atoms with van der Waals surface area (Å²) in [5.74, 6) is 7.52. The molecule has 9 heteroatoms. The maximum Gasteiger partial charge on any atom is 0.394 e. The lowest BCUT2D eigenvalue weighted by atomic mass is 10.6. The minimum Gasteiger partial charge on any atom is -0.366 e. The van der Waals surface area contributed by atoms with E-state index in [0.29, 0.717) is 0 Å². The van der Waals surface area contributed by atoms with Crippen LogP contribution in [0.1, 0.15) is 0 Å². The largest absolute Gasteiger partial charge is 0.394 e. The van der Waals surface area contributed by atoms with Gasteiger partial charge in [-0.15, -0.1) is 0 Å². The van der Waals surface area contributed by atoms with Gasteiger partial charge in [-0.05, 0) is 6.08 Å². The van der Waals surface area contributed by atoms with Crippen molar-refractivity contribution in [3.05, 3.63) is 12.7 Å². The molecule has 0 aliphatic heterocycles. The van der Waals surface area contributed by atoms with E-state index in [2.05, 4.69) is 24.0 Å². The molecule has 0 aromatic rings. The summed E-state index contributed by atoms with van der Waals surface area (Å²) in [4.78, 5) is 9.47. The van der Waals surface area contributed by atoms with E-state index < -0.39 is 16.3 Å². The molecule has 0 aromatic carbocycles. The van der Waals surface area contributed by atoms with Gasteiger partial charge in [0.15, 0.2) is 0 Å². The highest BCUT2D eigenvalue weighted by Gasteiger charge is 1.84. The molecule has 0 heterocycles. The monoisotopic (exact) mass is 201 g/mol. The van der Waals surface area contributed by atoms with Gasteiger partial charge in [0.25, 0.3) is 0 Å². The molecule has 0 aromatic heterocycles. The third-order valence-electron chi connectivity index (χ3n) is 0.201. The number of nitrogens with two attached hydrogens (primary N) is 3. The van der Waals surface area contributed by atoms with E-state index in [1.807, 2.05) is 0 Å². The molecule has 0 spiro atoms. The molecule has 0 atom stereocenters. The highest BCUT2D eigenvalue weighted by atomic mass is 32.3. The van der Waals surface area contributed by atoms with E-state index in [9.17, 15) is 4.79 Å². The van der Waals surface area contributed by atoms with Crippen LogP contribution in [0, 0.1) is 0 Å². The van der Waals surface area contributed by atoms with Crippen molar-refractivity contribution in [3.8, 4) is 0 Å². The second-order valence-corrected chi connectivity index (χ2v) is 1.95. The Hall–Kier alpha value is -1.00. The van der Waals surface area contributed by atoms with Crippen molar-refractivity contribution in [2.75, 3.05) is 0 Å². The second kappa shape index (κ2) is 10.0. The quantitative estimate of drug-likeness (QED) is 0.139. The summed E-state index contributed by atoms with van der Waals surface area (Å²) in [5.41, 5.74) is 4.53. The molecule has 74 valence electrons. The molecular weight excluding hydrogens is 190 g/mol. The van der Waals surface area contributed by atoms with Gasteiger partial charge in [0.05, 0.1) is 0 Å². The van der Waals surface area contributed by atoms with E-state index in [1.165, 1.54) is 0 Å². The molecule has 0 fully saturated rings. The van der Waals surface area contributed by atoms with E-state index in [0.717, 1.165) is 6.08 Å². The zero-order valence-corrected chi connectivity index (χ0v) is 6.86. The third kappa shape index (κ3) is 576. The Kier molecular flexibility index (Phi) is 14.3. The van der Waals surface area contributed by atoms with Crippen LogP contribution in [0.15, 0.2) is 12.7 Å². The highest BCUT2D eigenvalue weighted by molar-refractivity contribution is 7.79. The molecule has 1 amide bonds. The molecule has 0 rings (SSSR count). The van der Waals surface area contributed by atoms with Crippen molar-refractivity contribution in [2.24, 2.45) is 17.4 Å².